The Labute approximate surface area is 174 Å². The normalized spacial score (nSPS) is 13.2. The molecule has 0 spiro atoms. The number of nitrogens with zero attached hydrogens (tertiary/aromatic N) is 4. The molecule has 0 aliphatic carbocycles. The van der Waals surface area contributed by atoms with Crippen molar-refractivity contribution in [3.05, 3.63) is 80.7 Å². The van der Waals surface area contributed by atoms with Crippen LogP contribution in [0.15, 0.2) is 64.5 Å². The van der Waals surface area contributed by atoms with E-state index in [1.165, 1.54) is 40.4 Å². The van der Waals surface area contributed by atoms with Gasteiger partial charge in [-0.2, -0.15) is 5.10 Å². The molecular weight excluding hydrogens is 411 g/mol. The molecule has 0 radical (unpaired) electrons. The maximum atomic E-state index is 14.4. The summed E-state index contributed by atoms with van der Waals surface area (Å²) < 4.78 is 26.3. The van der Waals surface area contributed by atoms with E-state index in [-0.39, 0.29) is 18.0 Å². The Balaban J connectivity index is 1.84. The molecule has 4 rings (SSSR count). The van der Waals surface area contributed by atoms with Crippen molar-refractivity contribution < 1.29 is 18.8 Å². The predicted molar refractivity (Wildman–Crippen MR) is 111 cm³/mol. The van der Waals surface area contributed by atoms with Crippen LogP contribution in [0.5, 0.6) is 11.5 Å². The lowest BCUT2D eigenvalue weighted by Gasteiger charge is -2.05. The molecular formula is C20H15FN4O4S. The van der Waals surface area contributed by atoms with Gasteiger partial charge in [0.25, 0.3) is 5.69 Å². The fraction of sp³-hybridized carbons (Fsp3) is 0.100. The second-order valence-corrected chi connectivity index (χ2v) is 6.93. The zero-order chi connectivity index (χ0) is 21.1. The minimum Gasteiger partial charge on any atom is -0.454 e. The quantitative estimate of drug-likeness (QED) is 0.258. The van der Waals surface area contributed by atoms with Crippen LogP contribution < -0.4 is 14.3 Å². The van der Waals surface area contributed by atoms with Gasteiger partial charge in [-0.1, -0.05) is 18.2 Å². The number of rotatable bonds is 6. The smallest absolute Gasteiger partial charge is 0.282 e. The van der Waals surface area contributed by atoms with E-state index in [9.17, 15) is 14.5 Å². The number of hydrogen-bond acceptors (Lipinski definition) is 7. The highest BCUT2D eigenvalue weighted by molar-refractivity contribution is 7.07. The van der Waals surface area contributed by atoms with E-state index in [2.05, 4.69) is 16.7 Å². The number of thiazole rings is 1. The van der Waals surface area contributed by atoms with E-state index in [0.717, 1.165) is 0 Å². The predicted octanol–water partition coefficient (Wildman–Crippen LogP) is 3.96. The standard InChI is InChI=1S/C20H15FN4O4S/c1-2-7-22-20-24(17(11-30-20)14-5-3-4-6-15(14)21)23-10-13-8-18-19(29-12-28-18)9-16(13)25(26)27/h2-6,8-11H,1,7,12H2. The summed E-state index contributed by atoms with van der Waals surface area (Å²) in [7, 11) is 0. The van der Waals surface area contributed by atoms with Gasteiger partial charge in [-0.3, -0.25) is 15.1 Å². The third kappa shape index (κ3) is 3.72. The van der Waals surface area contributed by atoms with Gasteiger partial charge in [-0.15, -0.1) is 17.9 Å². The first-order valence-corrected chi connectivity index (χ1v) is 9.65. The van der Waals surface area contributed by atoms with E-state index in [1.54, 1.807) is 29.7 Å². The third-order valence-corrected chi connectivity index (χ3v) is 5.08. The topological polar surface area (TPSA) is 91.2 Å². The maximum Gasteiger partial charge on any atom is 0.282 e. The van der Waals surface area contributed by atoms with E-state index in [1.807, 2.05) is 0 Å². The van der Waals surface area contributed by atoms with E-state index in [4.69, 9.17) is 9.47 Å². The average molecular weight is 426 g/mol. The van der Waals surface area contributed by atoms with Crippen LogP contribution >= 0.6 is 11.3 Å². The Morgan fingerprint density at radius 2 is 2.07 bits per heavy atom. The molecule has 0 bridgehead atoms. The van der Waals surface area contributed by atoms with Gasteiger partial charge < -0.3 is 9.47 Å². The van der Waals surface area contributed by atoms with Crippen LogP contribution in [0.2, 0.25) is 0 Å². The minimum atomic E-state index is -0.525. The highest BCUT2D eigenvalue weighted by Crippen LogP contribution is 2.37. The first kappa shape index (κ1) is 19.5. The Morgan fingerprint density at radius 1 is 1.30 bits per heavy atom. The van der Waals surface area contributed by atoms with Crippen molar-refractivity contribution in [2.24, 2.45) is 10.1 Å². The number of benzene rings is 2. The summed E-state index contributed by atoms with van der Waals surface area (Å²) in [5.74, 6) is 0.280. The highest BCUT2D eigenvalue weighted by atomic mass is 32.1. The summed E-state index contributed by atoms with van der Waals surface area (Å²) >= 11 is 1.27. The molecule has 8 nitrogen and oxygen atoms in total. The van der Waals surface area contributed by atoms with Gasteiger partial charge in [0.15, 0.2) is 11.5 Å². The van der Waals surface area contributed by atoms with E-state index >= 15 is 0 Å². The maximum absolute atomic E-state index is 14.4. The van der Waals surface area contributed by atoms with Gasteiger partial charge in [0.05, 0.1) is 35.0 Å². The average Bonchev–Trinajstić information content (AvgIpc) is 3.36. The summed E-state index contributed by atoms with van der Waals surface area (Å²) in [6.07, 6.45) is 2.95. The summed E-state index contributed by atoms with van der Waals surface area (Å²) in [6, 6.07) is 9.07. The van der Waals surface area contributed by atoms with Crippen molar-refractivity contribution in [1.82, 2.24) is 4.68 Å². The zero-order valence-corrected chi connectivity index (χ0v) is 16.3. The van der Waals surface area contributed by atoms with Crippen molar-refractivity contribution in [2.75, 3.05) is 13.3 Å². The number of ether oxygens (including phenoxy) is 2. The number of hydrogen-bond donors (Lipinski definition) is 0. The molecule has 0 atom stereocenters. The lowest BCUT2D eigenvalue weighted by atomic mass is 10.1. The lowest BCUT2D eigenvalue weighted by Crippen LogP contribution is -2.13. The molecule has 2 aromatic carbocycles. The largest absolute Gasteiger partial charge is 0.454 e. The van der Waals surface area contributed by atoms with Crippen LogP contribution in [0.3, 0.4) is 0 Å². The summed E-state index contributed by atoms with van der Waals surface area (Å²) in [4.78, 5) is 15.8. The molecule has 0 N–H and O–H groups in total. The van der Waals surface area contributed by atoms with Crippen molar-refractivity contribution in [3.8, 4) is 22.8 Å². The lowest BCUT2D eigenvalue weighted by molar-refractivity contribution is -0.385. The number of nitro groups is 1. The van der Waals surface area contributed by atoms with Gasteiger partial charge >= 0.3 is 0 Å². The van der Waals surface area contributed by atoms with E-state index < -0.39 is 10.7 Å². The van der Waals surface area contributed by atoms with Gasteiger partial charge in [0, 0.05) is 10.9 Å². The first-order valence-electron chi connectivity index (χ1n) is 8.77. The fourth-order valence-corrected chi connectivity index (χ4v) is 3.68. The fourth-order valence-electron chi connectivity index (χ4n) is 2.84. The van der Waals surface area contributed by atoms with Crippen LogP contribution in [-0.2, 0) is 0 Å². The Hall–Kier alpha value is -3.79. The van der Waals surface area contributed by atoms with Gasteiger partial charge in [-0.05, 0) is 18.2 Å². The summed E-state index contributed by atoms with van der Waals surface area (Å²) in [5.41, 5.74) is 0.847. The summed E-state index contributed by atoms with van der Waals surface area (Å²) in [5, 5.41) is 17.6. The van der Waals surface area contributed by atoms with Gasteiger partial charge in [0.2, 0.25) is 11.6 Å². The van der Waals surface area contributed by atoms with Crippen molar-refractivity contribution in [3.63, 3.8) is 0 Å². The van der Waals surface area contributed by atoms with Gasteiger partial charge in [0.1, 0.15) is 5.82 Å². The van der Waals surface area contributed by atoms with E-state index in [0.29, 0.717) is 34.1 Å². The Kier molecular flexibility index (Phi) is 5.40. The van der Waals surface area contributed by atoms with Gasteiger partial charge in [-0.25, -0.2) is 9.07 Å². The van der Waals surface area contributed by atoms with Crippen molar-refractivity contribution in [1.29, 1.82) is 0 Å². The summed E-state index contributed by atoms with van der Waals surface area (Å²) in [6.45, 7) is 3.98. The monoisotopic (exact) mass is 426 g/mol. The highest BCUT2D eigenvalue weighted by Gasteiger charge is 2.22. The molecule has 0 unspecified atom stereocenters. The number of fused-ring (bicyclic) bond motifs is 1. The number of aromatic nitrogens is 1. The molecule has 1 aromatic heterocycles. The minimum absolute atomic E-state index is 0.00558. The molecule has 0 saturated heterocycles. The second kappa shape index (κ2) is 8.29. The molecule has 1 aliphatic heterocycles. The molecule has 2 heterocycles. The molecule has 3 aromatic rings. The first-order chi connectivity index (χ1) is 14.6. The SMILES string of the molecule is C=CCN=c1scc(-c2ccccc2F)n1N=Cc1cc2c(cc1[N+](=O)[O-])OCO2. The van der Waals surface area contributed by atoms with Crippen LogP contribution in [0, 0.1) is 15.9 Å². The number of nitro benzene ring substituents is 1. The van der Waals surface area contributed by atoms with Crippen LogP contribution in [0.4, 0.5) is 10.1 Å². The third-order valence-electron chi connectivity index (χ3n) is 4.22. The zero-order valence-electron chi connectivity index (χ0n) is 15.5. The van der Waals surface area contributed by atoms with Crippen LogP contribution in [0.25, 0.3) is 11.3 Å². The second-order valence-electron chi connectivity index (χ2n) is 6.09. The Morgan fingerprint density at radius 3 is 2.80 bits per heavy atom. The molecule has 0 saturated carbocycles. The Bertz CT molecular complexity index is 1230. The van der Waals surface area contributed by atoms with Crippen molar-refractivity contribution in [2.45, 2.75) is 0 Å². The van der Waals surface area contributed by atoms with Crippen molar-refractivity contribution >= 4 is 23.2 Å². The molecule has 10 heteroatoms. The molecule has 0 fully saturated rings. The molecule has 1 aliphatic rings. The van der Waals surface area contributed by atoms with Crippen LogP contribution in [-0.4, -0.2) is 29.2 Å². The molecule has 0 amide bonds. The van der Waals surface area contributed by atoms with Crippen LogP contribution in [0.1, 0.15) is 5.56 Å². The number of halogens is 1. The molecule has 30 heavy (non-hydrogen) atoms. The molecule has 152 valence electrons.